The van der Waals surface area contributed by atoms with Crippen molar-refractivity contribution in [2.45, 2.75) is 47.0 Å². The maximum atomic E-state index is 11.9. The van der Waals surface area contributed by atoms with Crippen LogP contribution in [0.15, 0.2) is 0 Å². The molecule has 0 heterocycles. The van der Waals surface area contributed by atoms with Gasteiger partial charge >= 0.3 is 6.16 Å². The Kier molecular flexibility index (Phi) is 8.14. The normalized spacial score (nSPS) is 12.4. The lowest BCUT2D eigenvalue weighted by Gasteiger charge is -2.27. The number of ether oxygens (including phenoxy) is 2. The van der Waals surface area contributed by atoms with Crippen molar-refractivity contribution in [3.8, 4) is 0 Å². The Morgan fingerprint density at radius 2 is 1.58 bits per heavy atom. The van der Waals surface area contributed by atoms with Gasteiger partial charge in [-0.05, 0) is 41.7 Å². The standard InChI is InChI=1S/C13H26N2O4/c1-7-15(8-2)12(16)9-14(6)11(5)19-13(17)18-10(3)4/h10-11H,7-9H2,1-6H3/t11-/m0/s1. The van der Waals surface area contributed by atoms with E-state index in [2.05, 4.69) is 0 Å². The van der Waals surface area contributed by atoms with Gasteiger partial charge in [0.15, 0.2) is 6.23 Å². The van der Waals surface area contributed by atoms with Crippen molar-refractivity contribution in [3.63, 3.8) is 0 Å². The number of hydrogen-bond donors (Lipinski definition) is 0. The fraction of sp³-hybridized carbons (Fsp3) is 0.846. The van der Waals surface area contributed by atoms with Gasteiger partial charge in [-0.3, -0.25) is 9.69 Å². The molecule has 0 bridgehead atoms. The summed E-state index contributed by atoms with van der Waals surface area (Å²) in [7, 11) is 1.73. The first kappa shape index (κ1) is 17.7. The van der Waals surface area contributed by atoms with E-state index in [4.69, 9.17) is 9.47 Å². The predicted octanol–water partition coefficient (Wildman–Crippen LogP) is 1.69. The van der Waals surface area contributed by atoms with Crippen LogP contribution in [0.4, 0.5) is 4.79 Å². The molecule has 0 aromatic rings. The summed E-state index contributed by atoms with van der Waals surface area (Å²) >= 11 is 0. The van der Waals surface area contributed by atoms with Gasteiger partial charge in [0.2, 0.25) is 5.91 Å². The molecule has 1 amide bonds. The number of nitrogens with zero attached hydrogens (tertiary/aromatic N) is 2. The minimum absolute atomic E-state index is 0.0141. The van der Waals surface area contributed by atoms with Crippen molar-refractivity contribution in [2.75, 3.05) is 26.7 Å². The van der Waals surface area contributed by atoms with Gasteiger partial charge in [0, 0.05) is 13.1 Å². The highest BCUT2D eigenvalue weighted by atomic mass is 16.7. The van der Waals surface area contributed by atoms with Gasteiger partial charge < -0.3 is 14.4 Å². The van der Waals surface area contributed by atoms with E-state index < -0.39 is 12.4 Å². The minimum Gasteiger partial charge on any atom is -0.432 e. The Morgan fingerprint density at radius 3 is 2.00 bits per heavy atom. The first-order chi connectivity index (χ1) is 8.81. The lowest BCUT2D eigenvalue weighted by molar-refractivity contribution is -0.134. The highest BCUT2D eigenvalue weighted by molar-refractivity contribution is 5.78. The Hall–Kier alpha value is -1.30. The summed E-state index contributed by atoms with van der Waals surface area (Å²) in [5, 5.41) is 0. The topological polar surface area (TPSA) is 59.1 Å². The molecule has 0 aliphatic carbocycles. The maximum absolute atomic E-state index is 11.9. The van der Waals surface area contributed by atoms with Crippen LogP contribution in [0.5, 0.6) is 0 Å². The Labute approximate surface area is 115 Å². The summed E-state index contributed by atoms with van der Waals surface area (Å²) in [4.78, 5) is 26.6. The Morgan fingerprint density at radius 1 is 1.05 bits per heavy atom. The second-order valence-electron chi connectivity index (χ2n) is 4.61. The van der Waals surface area contributed by atoms with Gasteiger partial charge in [0.05, 0.1) is 12.6 Å². The number of rotatable bonds is 7. The van der Waals surface area contributed by atoms with Crippen LogP contribution in [0.2, 0.25) is 0 Å². The fourth-order valence-electron chi connectivity index (χ4n) is 1.47. The average Bonchev–Trinajstić information content (AvgIpc) is 2.28. The van der Waals surface area contributed by atoms with Gasteiger partial charge in [0.1, 0.15) is 0 Å². The van der Waals surface area contributed by atoms with E-state index in [9.17, 15) is 9.59 Å². The molecule has 0 aliphatic rings. The number of amides is 1. The molecule has 0 rings (SSSR count). The molecule has 6 nitrogen and oxygen atoms in total. The van der Waals surface area contributed by atoms with E-state index in [1.165, 1.54) is 0 Å². The molecule has 0 saturated heterocycles. The summed E-state index contributed by atoms with van der Waals surface area (Å²) in [6.45, 7) is 10.6. The molecule has 0 saturated carbocycles. The van der Waals surface area contributed by atoms with Crippen molar-refractivity contribution in [1.82, 2.24) is 9.80 Å². The first-order valence-electron chi connectivity index (χ1n) is 6.67. The van der Waals surface area contributed by atoms with E-state index in [1.807, 2.05) is 13.8 Å². The van der Waals surface area contributed by atoms with Crippen molar-refractivity contribution in [2.24, 2.45) is 0 Å². The lowest BCUT2D eigenvalue weighted by Crippen LogP contribution is -2.43. The summed E-state index contributed by atoms with van der Waals surface area (Å²) in [5.74, 6) is 0.0141. The molecule has 0 unspecified atom stereocenters. The van der Waals surface area contributed by atoms with E-state index in [0.717, 1.165) is 0 Å². The van der Waals surface area contributed by atoms with Crippen LogP contribution in [0.25, 0.3) is 0 Å². The second-order valence-corrected chi connectivity index (χ2v) is 4.61. The minimum atomic E-state index is -0.718. The quantitative estimate of drug-likeness (QED) is 0.522. The zero-order valence-corrected chi connectivity index (χ0v) is 12.8. The van der Waals surface area contributed by atoms with Crippen LogP contribution < -0.4 is 0 Å². The van der Waals surface area contributed by atoms with Gasteiger partial charge in [-0.2, -0.15) is 0 Å². The molecule has 112 valence electrons. The molecule has 0 fully saturated rings. The van der Waals surface area contributed by atoms with Crippen molar-refractivity contribution < 1.29 is 19.1 Å². The lowest BCUT2D eigenvalue weighted by atomic mass is 10.4. The molecule has 6 heteroatoms. The van der Waals surface area contributed by atoms with E-state index in [0.29, 0.717) is 13.1 Å². The van der Waals surface area contributed by atoms with Crippen molar-refractivity contribution >= 4 is 12.1 Å². The SMILES string of the molecule is CCN(CC)C(=O)CN(C)[C@H](C)OC(=O)OC(C)C. The third kappa shape index (κ3) is 7.00. The zero-order valence-electron chi connectivity index (χ0n) is 12.8. The van der Waals surface area contributed by atoms with Crippen molar-refractivity contribution in [3.05, 3.63) is 0 Å². The Bertz CT molecular complexity index is 290. The van der Waals surface area contributed by atoms with Crippen LogP contribution in [0.1, 0.15) is 34.6 Å². The first-order valence-corrected chi connectivity index (χ1v) is 6.67. The third-order valence-corrected chi connectivity index (χ3v) is 2.72. The molecule has 0 aromatic heterocycles. The number of carbonyl (C=O) groups is 2. The van der Waals surface area contributed by atoms with E-state index in [1.54, 1.807) is 37.6 Å². The molecular weight excluding hydrogens is 248 g/mol. The molecule has 0 aliphatic heterocycles. The molecule has 0 radical (unpaired) electrons. The number of likely N-dealkylation sites (N-methyl/N-ethyl adjacent to an activating group) is 2. The van der Waals surface area contributed by atoms with Gasteiger partial charge in [-0.25, -0.2) is 4.79 Å². The third-order valence-electron chi connectivity index (χ3n) is 2.72. The highest BCUT2D eigenvalue weighted by Crippen LogP contribution is 2.03. The van der Waals surface area contributed by atoms with E-state index in [-0.39, 0.29) is 18.6 Å². The summed E-state index contributed by atoms with van der Waals surface area (Å²) < 4.78 is 9.95. The molecule has 19 heavy (non-hydrogen) atoms. The molecular formula is C13H26N2O4. The fourth-order valence-corrected chi connectivity index (χ4v) is 1.47. The monoisotopic (exact) mass is 274 g/mol. The molecule has 0 aromatic carbocycles. The largest absolute Gasteiger partial charge is 0.510 e. The van der Waals surface area contributed by atoms with Gasteiger partial charge in [-0.1, -0.05) is 0 Å². The van der Waals surface area contributed by atoms with Crippen LogP contribution >= 0.6 is 0 Å². The average molecular weight is 274 g/mol. The predicted molar refractivity (Wildman–Crippen MR) is 72.7 cm³/mol. The van der Waals surface area contributed by atoms with Gasteiger partial charge in [0.25, 0.3) is 0 Å². The number of carbonyl (C=O) groups excluding carboxylic acids is 2. The summed E-state index contributed by atoms with van der Waals surface area (Å²) in [6.07, 6.45) is -1.45. The molecule has 0 spiro atoms. The van der Waals surface area contributed by atoms with Crippen LogP contribution in [-0.2, 0) is 14.3 Å². The van der Waals surface area contributed by atoms with Gasteiger partial charge in [-0.15, -0.1) is 0 Å². The second kappa shape index (κ2) is 8.74. The van der Waals surface area contributed by atoms with Crippen LogP contribution in [0, 0.1) is 0 Å². The van der Waals surface area contributed by atoms with Crippen LogP contribution in [0.3, 0.4) is 0 Å². The molecule has 1 atom stereocenters. The molecule has 0 N–H and O–H groups in total. The number of hydrogen-bond acceptors (Lipinski definition) is 5. The van der Waals surface area contributed by atoms with E-state index >= 15 is 0 Å². The van der Waals surface area contributed by atoms with Crippen LogP contribution in [-0.4, -0.2) is 60.9 Å². The summed E-state index contributed by atoms with van der Waals surface area (Å²) in [5.41, 5.74) is 0. The smallest absolute Gasteiger partial charge is 0.432 e. The zero-order chi connectivity index (χ0) is 15.0. The summed E-state index contributed by atoms with van der Waals surface area (Å²) in [6, 6.07) is 0. The Balaban J connectivity index is 4.22. The maximum Gasteiger partial charge on any atom is 0.510 e. The van der Waals surface area contributed by atoms with Crippen molar-refractivity contribution in [1.29, 1.82) is 0 Å². The highest BCUT2D eigenvalue weighted by Gasteiger charge is 2.20.